The van der Waals surface area contributed by atoms with Crippen LogP contribution in [0.2, 0.25) is 0 Å². The largest absolute Gasteiger partial charge is 0.309 e. The van der Waals surface area contributed by atoms with Crippen LogP contribution in [-0.4, -0.2) is 19.5 Å². The van der Waals surface area contributed by atoms with Crippen molar-refractivity contribution in [3.8, 4) is 51.0 Å². The Hall–Kier alpha value is -7.43. The fraction of sp³-hybridized carbons (Fsp3) is 0. The van der Waals surface area contributed by atoms with Gasteiger partial charge in [-0.25, -0.2) is 15.0 Å². The smallest absolute Gasteiger partial charge is 0.164 e. The molecule has 11 rings (SSSR count). The lowest BCUT2D eigenvalue weighted by atomic mass is 9.97. The quantitative estimate of drug-likeness (QED) is 0.179. The molecule has 4 heteroatoms. The molecule has 256 valence electrons. The van der Waals surface area contributed by atoms with E-state index in [1.807, 2.05) is 0 Å². The Bertz CT molecular complexity index is 3250. The van der Waals surface area contributed by atoms with Crippen molar-refractivity contribution in [3.63, 3.8) is 0 Å². The second-order valence-electron chi connectivity index (χ2n) is 14.0. The van der Waals surface area contributed by atoms with Gasteiger partial charge in [0, 0.05) is 38.5 Å². The molecular formula is C51H32N4. The number of hydrogen-bond donors (Lipinski definition) is 0. The minimum Gasteiger partial charge on any atom is -0.309 e. The maximum atomic E-state index is 5.34. The topological polar surface area (TPSA) is 43.6 Å². The van der Waals surface area contributed by atoms with Crippen LogP contribution in [-0.2, 0) is 0 Å². The molecule has 0 spiro atoms. The van der Waals surface area contributed by atoms with E-state index >= 15 is 0 Å². The highest BCUT2D eigenvalue weighted by Crippen LogP contribution is 2.41. The number of aromatic nitrogens is 4. The lowest BCUT2D eigenvalue weighted by molar-refractivity contribution is 1.08. The highest BCUT2D eigenvalue weighted by Gasteiger charge is 2.21. The summed E-state index contributed by atoms with van der Waals surface area (Å²) >= 11 is 0. The van der Waals surface area contributed by atoms with Crippen LogP contribution in [0.5, 0.6) is 0 Å². The van der Waals surface area contributed by atoms with Crippen LogP contribution < -0.4 is 0 Å². The molecule has 11 aromatic rings. The van der Waals surface area contributed by atoms with Crippen molar-refractivity contribution >= 4 is 54.1 Å². The average molecular weight is 701 g/mol. The summed E-state index contributed by atoms with van der Waals surface area (Å²) in [5.41, 5.74) is 8.64. The van der Waals surface area contributed by atoms with Crippen LogP contribution in [0.3, 0.4) is 0 Å². The average Bonchev–Trinajstić information content (AvgIpc) is 3.61. The summed E-state index contributed by atoms with van der Waals surface area (Å²) in [6.07, 6.45) is 0. The summed E-state index contributed by atoms with van der Waals surface area (Å²) in [5, 5.41) is 9.22. The van der Waals surface area contributed by atoms with E-state index in [0.29, 0.717) is 17.5 Å². The lowest BCUT2D eigenvalue weighted by Gasteiger charge is -2.12. The summed E-state index contributed by atoms with van der Waals surface area (Å²) in [7, 11) is 0. The van der Waals surface area contributed by atoms with Crippen LogP contribution in [0.15, 0.2) is 194 Å². The first kappa shape index (κ1) is 31.1. The van der Waals surface area contributed by atoms with Crippen molar-refractivity contribution in [3.05, 3.63) is 194 Å². The standard InChI is InChI=1S/C51H32N4/c1-3-14-33(15-4-1)39-24-12-19-36-32-37(29-30-41(36)39)49-52-50(43-25-11-18-34-16-7-9-22-40(34)43)54-51(53-49)45-26-13-27-46-47(45)44-31-28-35-17-8-10-23-42(35)48(44)55(46)38-20-5-2-6-21-38/h1-32H. The van der Waals surface area contributed by atoms with Crippen molar-refractivity contribution in [1.82, 2.24) is 19.5 Å². The summed E-state index contributed by atoms with van der Waals surface area (Å²) < 4.78 is 2.39. The predicted molar refractivity (Wildman–Crippen MR) is 228 cm³/mol. The lowest BCUT2D eigenvalue weighted by Crippen LogP contribution is -2.01. The van der Waals surface area contributed by atoms with E-state index in [2.05, 4.69) is 199 Å². The minimum atomic E-state index is 0.634. The molecule has 0 fully saturated rings. The molecule has 0 N–H and O–H groups in total. The molecule has 0 bridgehead atoms. The van der Waals surface area contributed by atoms with Crippen LogP contribution >= 0.6 is 0 Å². The summed E-state index contributed by atoms with van der Waals surface area (Å²) in [6, 6.07) is 68.6. The van der Waals surface area contributed by atoms with Gasteiger partial charge in [0.1, 0.15) is 0 Å². The second kappa shape index (κ2) is 12.6. The van der Waals surface area contributed by atoms with Gasteiger partial charge in [-0.1, -0.05) is 170 Å². The molecule has 0 saturated heterocycles. The van der Waals surface area contributed by atoms with E-state index in [-0.39, 0.29) is 0 Å². The Morgan fingerprint density at radius 1 is 0.327 bits per heavy atom. The molecule has 0 aliphatic heterocycles. The molecule has 2 heterocycles. The summed E-state index contributed by atoms with van der Waals surface area (Å²) in [6.45, 7) is 0. The molecule has 4 nitrogen and oxygen atoms in total. The Morgan fingerprint density at radius 2 is 0.891 bits per heavy atom. The fourth-order valence-corrected chi connectivity index (χ4v) is 8.32. The molecule has 2 aromatic heterocycles. The Kier molecular flexibility index (Phi) is 7.14. The van der Waals surface area contributed by atoms with Gasteiger partial charge in [-0.05, 0) is 62.3 Å². The third-order valence-electron chi connectivity index (χ3n) is 10.8. The van der Waals surface area contributed by atoms with E-state index in [0.717, 1.165) is 54.8 Å². The van der Waals surface area contributed by atoms with Crippen molar-refractivity contribution < 1.29 is 0 Å². The molecule has 0 atom stereocenters. The van der Waals surface area contributed by atoms with Gasteiger partial charge in [0.05, 0.1) is 11.0 Å². The number of hydrogen-bond acceptors (Lipinski definition) is 3. The molecule has 0 saturated carbocycles. The van der Waals surface area contributed by atoms with Crippen molar-refractivity contribution in [2.75, 3.05) is 0 Å². The Labute approximate surface area is 317 Å². The van der Waals surface area contributed by atoms with Gasteiger partial charge in [-0.2, -0.15) is 0 Å². The van der Waals surface area contributed by atoms with Crippen molar-refractivity contribution in [2.45, 2.75) is 0 Å². The van der Waals surface area contributed by atoms with Crippen LogP contribution in [0, 0.1) is 0 Å². The molecule has 0 radical (unpaired) electrons. The molecule has 0 aliphatic carbocycles. The highest BCUT2D eigenvalue weighted by molar-refractivity contribution is 6.22. The van der Waals surface area contributed by atoms with Gasteiger partial charge in [0.15, 0.2) is 17.5 Å². The summed E-state index contributed by atoms with van der Waals surface area (Å²) in [4.78, 5) is 15.9. The molecule has 0 unspecified atom stereocenters. The van der Waals surface area contributed by atoms with E-state index < -0.39 is 0 Å². The molecule has 9 aromatic carbocycles. The zero-order chi connectivity index (χ0) is 36.3. The number of nitrogens with zero attached hydrogens (tertiary/aromatic N) is 4. The Balaban J connectivity index is 1.20. The number of fused-ring (bicyclic) bond motifs is 7. The zero-order valence-electron chi connectivity index (χ0n) is 29.8. The van der Waals surface area contributed by atoms with Crippen LogP contribution in [0.4, 0.5) is 0 Å². The molecular weight excluding hydrogens is 669 g/mol. The second-order valence-corrected chi connectivity index (χ2v) is 14.0. The van der Waals surface area contributed by atoms with Crippen LogP contribution in [0.1, 0.15) is 0 Å². The number of benzene rings is 9. The first-order valence-electron chi connectivity index (χ1n) is 18.6. The normalized spacial score (nSPS) is 11.6. The van der Waals surface area contributed by atoms with Crippen LogP contribution in [0.25, 0.3) is 105 Å². The van der Waals surface area contributed by atoms with Gasteiger partial charge < -0.3 is 4.57 Å². The molecule has 55 heavy (non-hydrogen) atoms. The van der Waals surface area contributed by atoms with Crippen molar-refractivity contribution in [1.29, 1.82) is 0 Å². The van der Waals surface area contributed by atoms with E-state index in [9.17, 15) is 0 Å². The zero-order valence-corrected chi connectivity index (χ0v) is 29.8. The Morgan fingerprint density at radius 3 is 1.71 bits per heavy atom. The van der Waals surface area contributed by atoms with E-state index in [1.54, 1.807) is 0 Å². The first-order valence-corrected chi connectivity index (χ1v) is 18.6. The third-order valence-corrected chi connectivity index (χ3v) is 10.8. The maximum Gasteiger partial charge on any atom is 0.164 e. The van der Waals surface area contributed by atoms with Crippen molar-refractivity contribution in [2.24, 2.45) is 0 Å². The molecule has 0 aliphatic rings. The monoisotopic (exact) mass is 700 g/mol. The first-order chi connectivity index (χ1) is 27.3. The van der Waals surface area contributed by atoms with Gasteiger partial charge in [-0.3, -0.25) is 0 Å². The van der Waals surface area contributed by atoms with Gasteiger partial charge in [0.2, 0.25) is 0 Å². The third kappa shape index (κ3) is 5.11. The van der Waals surface area contributed by atoms with E-state index in [4.69, 9.17) is 15.0 Å². The predicted octanol–water partition coefficient (Wildman–Crippen LogP) is 13.1. The molecule has 0 amide bonds. The highest BCUT2D eigenvalue weighted by atomic mass is 15.0. The van der Waals surface area contributed by atoms with Gasteiger partial charge >= 0.3 is 0 Å². The maximum absolute atomic E-state index is 5.34. The van der Waals surface area contributed by atoms with Gasteiger partial charge in [-0.15, -0.1) is 0 Å². The van der Waals surface area contributed by atoms with Gasteiger partial charge in [0.25, 0.3) is 0 Å². The minimum absolute atomic E-state index is 0.634. The summed E-state index contributed by atoms with van der Waals surface area (Å²) in [5.74, 6) is 1.91. The van der Waals surface area contributed by atoms with E-state index in [1.165, 1.54) is 32.8 Å². The number of rotatable bonds is 5. The number of para-hydroxylation sites is 1. The fourth-order valence-electron chi connectivity index (χ4n) is 8.32. The SMILES string of the molecule is c1ccc(-c2cccc3cc(-c4nc(-c5cccc6ccccc56)nc(-c5cccc6c5c5ccc7ccccc7c5n6-c5ccccc5)n4)ccc23)cc1.